The molecule has 40 heavy (non-hydrogen) atoms. The highest BCUT2D eigenvalue weighted by Gasteiger charge is 2.35. The maximum atomic E-state index is 15.0. The van der Waals surface area contributed by atoms with Gasteiger partial charge in [0.15, 0.2) is 0 Å². The molecule has 1 saturated carbocycles. The van der Waals surface area contributed by atoms with E-state index in [1.807, 2.05) is 30.3 Å². The molecule has 0 radical (unpaired) electrons. The van der Waals surface area contributed by atoms with E-state index in [1.165, 1.54) is 0 Å². The van der Waals surface area contributed by atoms with Gasteiger partial charge in [-0.25, -0.2) is 4.39 Å². The molecule has 1 N–H and O–H groups in total. The van der Waals surface area contributed by atoms with Gasteiger partial charge in [0.05, 0.1) is 12.0 Å². The average Bonchev–Trinajstić information content (AvgIpc) is 3.67. The molecule has 0 amide bonds. The third kappa shape index (κ3) is 6.08. The monoisotopic (exact) mass is 552 g/mol. The first kappa shape index (κ1) is 27.9. The second kappa shape index (κ2) is 10.8. The highest BCUT2D eigenvalue weighted by Crippen LogP contribution is 2.48. The smallest absolute Gasteiger partial charge is 0.416 e. The van der Waals surface area contributed by atoms with Crippen molar-refractivity contribution in [3.05, 3.63) is 94.8 Å². The quantitative estimate of drug-likeness (QED) is 0.269. The zero-order chi connectivity index (χ0) is 28.7. The number of hydrogen-bond donors (Lipinski definition) is 1. The number of carboxylic acids is 1. The number of carboxylic acid groups (broad SMARTS) is 1. The molecule has 2 aliphatic carbocycles. The van der Waals surface area contributed by atoms with Crippen LogP contribution in [0.2, 0.25) is 0 Å². The first-order chi connectivity index (χ1) is 18.9. The molecule has 0 heterocycles. The predicted molar refractivity (Wildman–Crippen MR) is 146 cm³/mol. The average molecular weight is 553 g/mol. The summed E-state index contributed by atoms with van der Waals surface area (Å²) >= 11 is 0. The Morgan fingerprint density at radius 3 is 2.45 bits per heavy atom. The minimum absolute atomic E-state index is 0.0502. The number of ether oxygens (including phenoxy) is 1. The van der Waals surface area contributed by atoms with E-state index in [9.17, 15) is 27.5 Å². The Labute approximate surface area is 231 Å². The second-order valence-corrected chi connectivity index (χ2v) is 11.5. The van der Waals surface area contributed by atoms with Crippen LogP contribution in [0, 0.1) is 17.2 Å². The van der Waals surface area contributed by atoms with Crippen LogP contribution >= 0.6 is 0 Å². The molecular weight excluding hydrogens is 520 g/mol. The molecule has 1 fully saturated rings. The Morgan fingerprint density at radius 2 is 1.80 bits per heavy atom. The van der Waals surface area contributed by atoms with Crippen molar-refractivity contribution < 1.29 is 32.2 Å². The molecule has 0 aliphatic heterocycles. The highest BCUT2D eigenvalue weighted by atomic mass is 19.4. The van der Waals surface area contributed by atoms with Gasteiger partial charge in [0.2, 0.25) is 0 Å². The van der Waals surface area contributed by atoms with Crippen molar-refractivity contribution in [2.24, 2.45) is 11.3 Å². The Balaban J connectivity index is 1.46. The van der Waals surface area contributed by atoms with E-state index in [2.05, 4.69) is 19.9 Å². The van der Waals surface area contributed by atoms with Crippen LogP contribution in [0.4, 0.5) is 17.6 Å². The number of halogens is 4. The minimum atomic E-state index is -4.58. The van der Waals surface area contributed by atoms with Crippen LogP contribution in [0.15, 0.2) is 66.7 Å². The zero-order valence-corrected chi connectivity index (χ0v) is 22.5. The predicted octanol–water partition coefficient (Wildman–Crippen LogP) is 9.26. The number of hydrogen-bond acceptors (Lipinski definition) is 2. The van der Waals surface area contributed by atoms with Gasteiger partial charge in [-0.1, -0.05) is 44.2 Å². The van der Waals surface area contributed by atoms with Gasteiger partial charge in [0, 0.05) is 5.56 Å². The fourth-order valence-corrected chi connectivity index (χ4v) is 5.75. The molecule has 7 heteroatoms. The van der Waals surface area contributed by atoms with Crippen LogP contribution in [-0.4, -0.2) is 11.1 Å². The zero-order valence-electron chi connectivity index (χ0n) is 22.5. The lowest BCUT2D eigenvalue weighted by atomic mass is 9.79. The summed E-state index contributed by atoms with van der Waals surface area (Å²) in [6, 6.07) is 15.3. The maximum absolute atomic E-state index is 15.0. The fraction of sp³-hybridized carbons (Fsp3) is 0.364. The van der Waals surface area contributed by atoms with E-state index in [-0.39, 0.29) is 29.9 Å². The largest absolute Gasteiger partial charge is 0.489 e. The van der Waals surface area contributed by atoms with Crippen molar-refractivity contribution in [1.29, 1.82) is 0 Å². The van der Waals surface area contributed by atoms with Crippen molar-refractivity contribution in [2.75, 3.05) is 0 Å². The molecule has 210 valence electrons. The fourth-order valence-electron chi connectivity index (χ4n) is 5.75. The number of allylic oxidation sites excluding steroid dienone is 2. The summed E-state index contributed by atoms with van der Waals surface area (Å²) in [5.41, 5.74) is 2.63. The number of carbonyl (C=O) groups is 1. The Bertz CT molecular complexity index is 1450. The van der Waals surface area contributed by atoms with E-state index in [0.717, 1.165) is 60.6 Å². The molecule has 1 atom stereocenters. The van der Waals surface area contributed by atoms with Crippen LogP contribution in [0.1, 0.15) is 74.1 Å². The van der Waals surface area contributed by atoms with Gasteiger partial charge >= 0.3 is 12.1 Å². The Hall–Kier alpha value is -3.61. The SMILES string of the molecule is CC1(C)CCC=C1c1cc(COc2cccc(C(CC(=O)O)C3CC3)c2)ccc1-c1cc(C(F)(F)F)ccc1F. The molecule has 3 aromatic rings. The van der Waals surface area contributed by atoms with E-state index >= 15 is 0 Å². The summed E-state index contributed by atoms with van der Waals surface area (Å²) in [5, 5.41) is 9.36. The molecule has 0 spiro atoms. The van der Waals surface area contributed by atoms with Crippen molar-refractivity contribution in [1.82, 2.24) is 0 Å². The lowest BCUT2D eigenvalue weighted by Crippen LogP contribution is -2.11. The van der Waals surface area contributed by atoms with Crippen molar-refractivity contribution >= 4 is 11.5 Å². The normalized spacial score (nSPS) is 17.4. The maximum Gasteiger partial charge on any atom is 0.416 e. The van der Waals surface area contributed by atoms with Gasteiger partial charge < -0.3 is 9.84 Å². The molecular formula is C33H32F4O3. The summed E-state index contributed by atoms with van der Waals surface area (Å²) in [4.78, 5) is 11.4. The molecule has 5 rings (SSSR count). The Kier molecular flexibility index (Phi) is 7.51. The lowest BCUT2D eigenvalue weighted by Gasteiger charge is -2.26. The van der Waals surface area contributed by atoms with Gasteiger partial charge in [-0.2, -0.15) is 13.2 Å². The van der Waals surface area contributed by atoms with Crippen molar-refractivity contribution in [2.45, 2.75) is 64.7 Å². The van der Waals surface area contributed by atoms with Gasteiger partial charge in [0.1, 0.15) is 18.2 Å². The Morgan fingerprint density at radius 1 is 1.02 bits per heavy atom. The number of aliphatic carboxylic acids is 1. The van der Waals surface area contributed by atoms with Crippen LogP contribution in [0.5, 0.6) is 5.75 Å². The van der Waals surface area contributed by atoms with E-state index in [4.69, 9.17) is 4.74 Å². The second-order valence-electron chi connectivity index (χ2n) is 11.5. The van der Waals surface area contributed by atoms with Crippen LogP contribution in [0.3, 0.4) is 0 Å². The molecule has 0 bridgehead atoms. The first-order valence-corrected chi connectivity index (χ1v) is 13.6. The molecule has 2 aliphatic rings. The number of benzene rings is 3. The van der Waals surface area contributed by atoms with E-state index < -0.39 is 23.5 Å². The summed E-state index contributed by atoms with van der Waals surface area (Å²) in [5.74, 6) is -0.592. The van der Waals surface area contributed by atoms with Crippen molar-refractivity contribution in [3.8, 4) is 16.9 Å². The standard InChI is InChI=1S/C33H32F4O3/c1-32(2)14-4-7-29(32)27-15-20(8-12-25(27)28-17-23(33(35,36)37)11-13-30(28)34)19-40-24-6-3-5-22(16-24)26(18-31(38)39)21-9-10-21/h3,5-8,11-13,15-17,21,26H,4,9-10,14,18-19H2,1-2H3,(H,38,39). The molecule has 0 aromatic heterocycles. The van der Waals surface area contributed by atoms with Crippen molar-refractivity contribution in [3.63, 3.8) is 0 Å². The van der Waals surface area contributed by atoms with E-state index in [1.54, 1.807) is 12.1 Å². The van der Waals surface area contributed by atoms with Crippen LogP contribution < -0.4 is 4.74 Å². The van der Waals surface area contributed by atoms with Gasteiger partial charge in [0.25, 0.3) is 0 Å². The summed E-state index contributed by atoms with van der Waals surface area (Å²) in [7, 11) is 0. The summed E-state index contributed by atoms with van der Waals surface area (Å²) < 4.78 is 61.5. The number of alkyl halides is 3. The van der Waals surface area contributed by atoms with E-state index in [0.29, 0.717) is 22.8 Å². The van der Waals surface area contributed by atoms with Gasteiger partial charge in [-0.3, -0.25) is 4.79 Å². The molecule has 3 nitrogen and oxygen atoms in total. The van der Waals surface area contributed by atoms with Gasteiger partial charge in [-0.05, 0) is 107 Å². The first-order valence-electron chi connectivity index (χ1n) is 13.6. The third-order valence-electron chi connectivity index (χ3n) is 8.08. The third-order valence-corrected chi connectivity index (χ3v) is 8.08. The lowest BCUT2D eigenvalue weighted by molar-refractivity contribution is -0.138. The molecule has 0 saturated heterocycles. The highest BCUT2D eigenvalue weighted by molar-refractivity contribution is 5.85. The van der Waals surface area contributed by atoms with Gasteiger partial charge in [-0.15, -0.1) is 0 Å². The van der Waals surface area contributed by atoms with Crippen LogP contribution in [-0.2, 0) is 17.6 Å². The number of rotatable bonds is 9. The topological polar surface area (TPSA) is 46.5 Å². The molecule has 3 aromatic carbocycles. The summed E-state index contributed by atoms with van der Waals surface area (Å²) in [6.45, 7) is 4.36. The summed E-state index contributed by atoms with van der Waals surface area (Å²) in [6.07, 6.45) is 1.35. The molecule has 1 unspecified atom stereocenters. The minimum Gasteiger partial charge on any atom is -0.489 e. The van der Waals surface area contributed by atoms with Crippen LogP contribution in [0.25, 0.3) is 16.7 Å².